The Morgan fingerprint density at radius 2 is 1.90 bits per heavy atom. The minimum Gasteiger partial charge on any atom is -0.494 e. The molecule has 0 spiro atoms. The van der Waals surface area contributed by atoms with Crippen LogP contribution in [0.15, 0.2) is 53.7 Å². The Bertz CT molecular complexity index is 911. The van der Waals surface area contributed by atoms with Gasteiger partial charge in [0.15, 0.2) is 0 Å². The summed E-state index contributed by atoms with van der Waals surface area (Å²) in [5.74, 6) is 0.300. The van der Waals surface area contributed by atoms with Crippen LogP contribution in [0.25, 0.3) is 0 Å². The molecule has 30 heavy (non-hydrogen) atoms. The first-order chi connectivity index (χ1) is 14.5. The Labute approximate surface area is 178 Å². The summed E-state index contributed by atoms with van der Waals surface area (Å²) in [6, 6.07) is 9.89. The van der Waals surface area contributed by atoms with Crippen LogP contribution in [0.5, 0.6) is 5.75 Å². The summed E-state index contributed by atoms with van der Waals surface area (Å²) in [4.78, 5) is 16.8. The Morgan fingerprint density at radius 3 is 2.53 bits per heavy atom. The molecule has 1 saturated carbocycles. The Kier molecular flexibility index (Phi) is 7.81. The lowest BCUT2D eigenvalue weighted by Crippen LogP contribution is -2.46. The second kappa shape index (κ2) is 10.5. The van der Waals surface area contributed by atoms with Crippen molar-refractivity contribution in [1.82, 2.24) is 14.6 Å². The van der Waals surface area contributed by atoms with E-state index < -0.39 is 10.0 Å². The lowest BCUT2D eigenvalue weighted by molar-refractivity contribution is -0.121. The van der Waals surface area contributed by atoms with Gasteiger partial charge in [-0.3, -0.25) is 9.78 Å². The van der Waals surface area contributed by atoms with E-state index in [1.54, 1.807) is 42.7 Å². The number of aromatic nitrogens is 1. The number of hydrogen-bond donors (Lipinski definition) is 1. The third-order valence-corrected chi connectivity index (χ3v) is 7.15. The molecule has 1 heterocycles. The van der Waals surface area contributed by atoms with Crippen molar-refractivity contribution in [2.45, 2.75) is 56.5 Å². The van der Waals surface area contributed by atoms with Crippen LogP contribution in [0.4, 0.5) is 0 Å². The van der Waals surface area contributed by atoms with Crippen molar-refractivity contribution in [3.05, 3.63) is 54.4 Å². The minimum atomic E-state index is -3.81. The summed E-state index contributed by atoms with van der Waals surface area (Å²) < 4.78 is 33.6. The van der Waals surface area contributed by atoms with Gasteiger partial charge in [0.1, 0.15) is 5.75 Å². The molecule has 0 bridgehead atoms. The zero-order chi connectivity index (χ0) is 21.4. The lowest BCUT2D eigenvalue weighted by Gasteiger charge is -2.33. The predicted molar refractivity (Wildman–Crippen MR) is 114 cm³/mol. The molecule has 1 aliphatic carbocycles. The summed E-state index contributed by atoms with van der Waals surface area (Å²) >= 11 is 0. The topological polar surface area (TPSA) is 88.6 Å². The van der Waals surface area contributed by atoms with E-state index in [9.17, 15) is 13.2 Å². The molecular weight excluding hydrogens is 402 g/mol. The minimum absolute atomic E-state index is 0.167. The molecule has 0 aliphatic heterocycles. The van der Waals surface area contributed by atoms with E-state index in [-0.39, 0.29) is 23.4 Å². The highest BCUT2D eigenvalue weighted by Crippen LogP contribution is 2.28. The maximum absolute atomic E-state index is 13.4. The van der Waals surface area contributed by atoms with Crippen LogP contribution in [0.3, 0.4) is 0 Å². The maximum Gasteiger partial charge on any atom is 0.243 e. The summed E-state index contributed by atoms with van der Waals surface area (Å²) in [7, 11) is -3.81. The highest BCUT2D eigenvalue weighted by Gasteiger charge is 2.33. The fourth-order valence-corrected chi connectivity index (χ4v) is 5.33. The molecular formula is C22H29N3O4S. The second-order valence-corrected chi connectivity index (χ2v) is 9.28. The van der Waals surface area contributed by atoms with Crippen LogP contribution in [0.2, 0.25) is 0 Å². The van der Waals surface area contributed by atoms with Gasteiger partial charge >= 0.3 is 0 Å². The molecule has 1 amide bonds. The van der Waals surface area contributed by atoms with E-state index in [0.717, 1.165) is 37.7 Å². The molecule has 1 aliphatic rings. The molecule has 3 rings (SSSR count). The van der Waals surface area contributed by atoms with Crippen LogP contribution in [0.1, 0.15) is 44.6 Å². The molecule has 1 N–H and O–H groups in total. The first kappa shape index (κ1) is 22.2. The van der Waals surface area contributed by atoms with Gasteiger partial charge in [-0.05, 0) is 55.7 Å². The van der Waals surface area contributed by atoms with Gasteiger partial charge in [0.05, 0.1) is 18.0 Å². The van der Waals surface area contributed by atoms with Gasteiger partial charge in [-0.25, -0.2) is 8.42 Å². The van der Waals surface area contributed by atoms with Crippen molar-refractivity contribution in [2.24, 2.45) is 0 Å². The number of benzene rings is 1. The molecule has 1 aromatic heterocycles. The van der Waals surface area contributed by atoms with Gasteiger partial charge in [0.25, 0.3) is 0 Å². The number of carbonyl (C=O) groups excluding carboxylic acids is 1. The number of pyridine rings is 1. The van der Waals surface area contributed by atoms with E-state index in [4.69, 9.17) is 4.74 Å². The van der Waals surface area contributed by atoms with Crippen LogP contribution in [-0.2, 0) is 21.4 Å². The smallest absolute Gasteiger partial charge is 0.243 e. The van der Waals surface area contributed by atoms with Gasteiger partial charge in [-0.15, -0.1) is 0 Å². The number of hydrogen-bond acceptors (Lipinski definition) is 5. The van der Waals surface area contributed by atoms with Crippen molar-refractivity contribution >= 4 is 15.9 Å². The van der Waals surface area contributed by atoms with Gasteiger partial charge < -0.3 is 10.1 Å². The zero-order valence-electron chi connectivity index (χ0n) is 17.3. The monoisotopic (exact) mass is 431 g/mol. The highest BCUT2D eigenvalue weighted by molar-refractivity contribution is 7.89. The average Bonchev–Trinajstić information content (AvgIpc) is 2.78. The maximum atomic E-state index is 13.4. The number of rotatable bonds is 9. The third-order valence-electron chi connectivity index (χ3n) is 5.24. The van der Waals surface area contributed by atoms with E-state index in [2.05, 4.69) is 10.3 Å². The first-order valence-electron chi connectivity index (χ1n) is 10.4. The number of carbonyl (C=O) groups is 1. The molecule has 0 atom stereocenters. The SMILES string of the molecule is CCOc1ccc(S(=O)(=O)N(CC(=O)NCc2cccnc2)C2CCCCC2)cc1. The van der Waals surface area contributed by atoms with Crippen LogP contribution >= 0.6 is 0 Å². The van der Waals surface area contributed by atoms with Crippen LogP contribution < -0.4 is 10.1 Å². The number of sulfonamides is 1. The quantitative estimate of drug-likeness (QED) is 0.659. The van der Waals surface area contributed by atoms with E-state index in [1.807, 2.05) is 13.0 Å². The Hall–Kier alpha value is -2.45. The Balaban J connectivity index is 1.76. The number of nitrogens with one attached hydrogen (secondary N) is 1. The summed E-state index contributed by atoms with van der Waals surface area (Å²) in [5, 5.41) is 2.81. The van der Waals surface area contributed by atoms with Crippen molar-refractivity contribution in [3.63, 3.8) is 0 Å². The number of nitrogens with zero attached hydrogens (tertiary/aromatic N) is 2. The predicted octanol–water partition coefficient (Wildman–Crippen LogP) is 3.12. The molecule has 1 fully saturated rings. The molecule has 0 saturated heterocycles. The number of ether oxygens (including phenoxy) is 1. The fourth-order valence-electron chi connectivity index (χ4n) is 3.69. The van der Waals surface area contributed by atoms with E-state index >= 15 is 0 Å². The molecule has 1 aromatic carbocycles. The standard InChI is InChI=1S/C22H29N3O4S/c1-2-29-20-10-12-21(13-11-20)30(27,28)25(19-8-4-3-5-9-19)17-22(26)24-16-18-7-6-14-23-15-18/h6-7,10-15,19H,2-5,8-9,16-17H2,1H3,(H,24,26). The second-order valence-electron chi connectivity index (χ2n) is 7.38. The summed E-state index contributed by atoms with van der Waals surface area (Å²) in [5.41, 5.74) is 0.865. The van der Waals surface area contributed by atoms with Crippen molar-refractivity contribution in [1.29, 1.82) is 0 Å². The van der Waals surface area contributed by atoms with Crippen molar-refractivity contribution in [2.75, 3.05) is 13.2 Å². The zero-order valence-corrected chi connectivity index (χ0v) is 18.1. The van der Waals surface area contributed by atoms with E-state index in [1.165, 1.54) is 4.31 Å². The van der Waals surface area contributed by atoms with Gasteiger partial charge in [0.2, 0.25) is 15.9 Å². The van der Waals surface area contributed by atoms with Gasteiger partial charge in [0, 0.05) is 25.0 Å². The van der Waals surface area contributed by atoms with Crippen molar-refractivity contribution < 1.29 is 17.9 Å². The summed E-state index contributed by atoms with van der Waals surface area (Å²) in [6.07, 6.45) is 7.92. The van der Waals surface area contributed by atoms with Gasteiger partial charge in [-0.1, -0.05) is 25.3 Å². The summed E-state index contributed by atoms with van der Waals surface area (Å²) in [6.45, 7) is 2.51. The van der Waals surface area contributed by atoms with Crippen LogP contribution in [-0.4, -0.2) is 42.8 Å². The normalized spacial score (nSPS) is 15.1. The lowest BCUT2D eigenvalue weighted by atomic mass is 9.95. The van der Waals surface area contributed by atoms with Crippen molar-refractivity contribution in [3.8, 4) is 5.75 Å². The van der Waals surface area contributed by atoms with E-state index in [0.29, 0.717) is 18.9 Å². The highest BCUT2D eigenvalue weighted by atomic mass is 32.2. The Morgan fingerprint density at radius 1 is 1.17 bits per heavy atom. The first-order valence-corrected chi connectivity index (χ1v) is 11.8. The third kappa shape index (κ3) is 5.79. The van der Waals surface area contributed by atoms with Crippen LogP contribution in [0, 0.1) is 0 Å². The molecule has 0 unspecified atom stereocenters. The average molecular weight is 432 g/mol. The van der Waals surface area contributed by atoms with Gasteiger partial charge in [-0.2, -0.15) is 4.31 Å². The molecule has 7 nitrogen and oxygen atoms in total. The number of amides is 1. The fraction of sp³-hybridized carbons (Fsp3) is 0.455. The molecule has 2 aromatic rings. The molecule has 162 valence electrons. The molecule has 0 radical (unpaired) electrons. The largest absolute Gasteiger partial charge is 0.494 e. The molecule has 8 heteroatoms.